The van der Waals surface area contributed by atoms with Gasteiger partial charge in [0.15, 0.2) is 17.5 Å². The first kappa shape index (κ1) is 13.4. The molecule has 2 aromatic rings. The maximum atomic E-state index is 13.4. The summed E-state index contributed by atoms with van der Waals surface area (Å²) in [5.74, 6) is -4.50. The van der Waals surface area contributed by atoms with Gasteiger partial charge in [0.25, 0.3) is 0 Å². The van der Waals surface area contributed by atoms with Crippen LogP contribution in [0.5, 0.6) is 0 Å². The summed E-state index contributed by atoms with van der Waals surface area (Å²) in [6.45, 7) is 1.79. The van der Waals surface area contributed by atoms with Crippen LogP contribution in [0, 0.1) is 30.2 Å². The number of benzene rings is 2. The highest BCUT2D eigenvalue weighted by atomic mass is 19.2. The second kappa shape index (κ2) is 5.30. The minimum atomic E-state index is -1.51. The van der Waals surface area contributed by atoms with Crippen molar-refractivity contribution in [1.29, 1.82) is 0 Å². The predicted octanol–water partition coefficient (Wildman–Crippen LogP) is 4.16. The first-order chi connectivity index (χ1) is 8.97. The smallest absolute Gasteiger partial charge is 0.194 e. The lowest BCUT2D eigenvalue weighted by Crippen LogP contribution is -2.04. The molecule has 0 aliphatic rings. The van der Waals surface area contributed by atoms with E-state index in [0.717, 1.165) is 17.7 Å². The summed E-state index contributed by atoms with van der Waals surface area (Å²) in [5.41, 5.74) is 1.27. The van der Waals surface area contributed by atoms with Gasteiger partial charge in [0, 0.05) is 6.54 Å². The summed E-state index contributed by atoms with van der Waals surface area (Å²) in [7, 11) is 0. The van der Waals surface area contributed by atoms with Crippen LogP contribution >= 0.6 is 0 Å². The van der Waals surface area contributed by atoms with E-state index in [-0.39, 0.29) is 17.8 Å². The number of rotatable bonds is 3. The highest BCUT2D eigenvalue weighted by Crippen LogP contribution is 2.18. The molecule has 0 radical (unpaired) electrons. The molecule has 2 aromatic carbocycles. The lowest BCUT2D eigenvalue weighted by Gasteiger charge is -2.09. The third kappa shape index (κ3) is 3.05. The molecule has 1 N–H and O–H groups in total. The Morgan fingerprint density at radius 1 is 0.895 bits per heavy atom. The number of nitrogens with one attached hydrogen (secondary N) is 1. The summed E-state index contributed by atoms with van der Waals surface area (Å²) in [6, 6.07) is 6.23. The topological polar surface area (TPSA) is 12.0 Å². The standard InChI is InChI=1S/C14H11F4N/c1-8-2-3-10(15)13(4-8)19-7-9-5-11(16)14(18)12(17)6-9/h2-6,19H,7H2,1H3. The largest absolute Gasteiger partial charge is 0.379 e. The van der Waals surface area contributed by atoms with Crippen LogP contribution in [0.25, 0.3) is 0 Å². The zero-order valence-corrected chi connectivity index (χ0v) is 10.1. The fraction of sp³-hybridized carbons (Fsp3) is 0.143. The molecule has 0 saturated heterocycles. The normalized spacial score (nSPS) is 10.6. The average molecular weight is 269 g/mol. The van der Waals surface area contributed by atoms with Gasteiger partial charge in [-0.25, -0.2) is 17.6 Å². The Hall–Kier alpha value is -2.04. The molecule has 0 aliphatic carbocycles. The van der Waals surface area contributed by atoms with Gasteiger partial charge >= 0.3 is 0 Å². The summed E-state index contributed by atoms with van der Waals surface area (Å²) in [4.78, 5) is 0. The Labute approximate surface area is 107 Å². The van der Waals surface area contributed by atoms with E-state index in [4.69, 9.17) is 0 Å². The van der Waals surface area contributed by atoms with Gasteiger partial charge in [-0.05, 0) is 42.3 Å². The van der Waals surface area contributed by atoms with E-state index in [2.05, 4.69) is 5.32 Å². The maximum absolute atomic E-state index is 13.4. The van der Waals surface area contributed by atoms with E-state index in [9.17, 15) is 17.6 Å². The zero-order chi connectivity index (χ0) is 14.0. The molecule has 5 heteroatoms. The van der Waals surface area contributed by atoms with Crippen LogP contribution in [-0.4, -0.2) is 0 Å². The Kier molecular flexibility index (Phi) is 3.74. The monoisotopic (exact) mass is 269 g/mol. The minimum Gasteiger partial charge on any atom is -0.379 e. The highest BCUT2D eigenvalue weighted by molar-refractivity contribution is 5.47. The Morgan fingerprint density at radius 3 is 2.16 bits per heavy atom. The third-order valence-electron chi connectivity index (χ3n) is 2.65. The second-order valence-electron chi connectivity index (χ2n) is 4.21. The van der Waals surface area contributed by atoms with Crippen LogP contribution in [0.4, 0.5) is 23.2 Å². The molecule has 0 fully saturated rings. The van der Waals surface area contributed by atoms with Crippen molar-refractivity contribution in [3.05, 3.63) is 64.7 Å². The molecule has 100 valence electrons. The molecule has 0 unspecified atom stereocenters. The van der Waals surface area contributed by atoms with Crippen LogP contribution in [0.3, 0.4) is 0 Å². The molecule has 0 bridgehead atoms. The van der Waals surface area contributed by atoms with E-state index in [1.54, 1.807) is 19.1 Å². The number of halogens is 4. The first-order valence-electron chi connectivity index (χ1n) is 5.61. The lowest BCUT2D eigenvalue weighted by molar-refractivity contribution is 0.445. The van der Waals surface area contributed by atoms with Crippen LogP contribution in [0.15, 0.2) is 30.3 Å². The summed E-state index contributed by atoms with van der Waals surface area (Å²) < 4.78 is 52.2. The molecule has 0 aliphatic heterocycles. The fourth-order valence-electron chi connectivity index (χ4n) is 1.68. The van der Waals surface area contributed by atoms with Gasteiger partial charge in [-0.15, -0.1) is 0 Å². The average Bonchev–Trinajstić information content (AvgIpc) is 2.37. The van der Waals surface area contributed by atoms with Gasteiger partial charge < -0.3 is 5.32 Å². The van der Waals surface area contributed by atoms with Gasteiger partial charge in [-0.3, -0.25) is 0 Å². The molecule has 0 heterocycles. The number of aryl methyl sites for hydroxylation is 1. The van der Waals surface area contributed by atoms with Gasteiger partial charge in [0.1, 0.15) is 5.82 Å². The van der Waals surface area contributed by atoms with Gasteiger partial charge in [0.2, 0.25) is 0 Å². The predicted molar refractivity (Wildman–Crippen MR) is 64.8 cm³/mol. The molecule has 0 spiro atoms. The summed E-state index contributed by atoms with van der Waals surface area (Å²) in [5, 5.41) is 2.71. The summed E-state index contributed by atoms with van der Waals surface area (Å²) in [6.07, 6.45) is 0. The molecule has 0 amide bonds. The highest BCUT2D eigenvalue weighted by Gasteiger charge is 2.10. The van der Waals surface area contributed by atoms with Crippen molar-refractivity contribution in [2.24, 2.45) is 0 Å². The Morgan fingerprint density at radius 2 is 1.53 bits per heavy atom. The third-order valence-corrected chi connectivity index (χ3v) is 2.65. The van der Waals surface area contributed by atoms with Crippen LogP contribution in [0.2, 0.25) is 0 Å². The Balaban J connectivity index is 2.17. The van der Waals surface area contributed by atoms with Crippen molar-refractivity contribution in [2.45, 2.75) is 13.5 Å². The SMILES string of the molecule is Cc1ccc(F)c(NCc2cc(F)c(F)c(F)c2)c1. The zero-order valence-electron chi connectivity index (χ0n) is 10.1. The van der Waals surface area contributed by atoms with Crippen molar-refractivity contribution in [3.8, 4) is 0 Å². The fourth-order valence-corrected chi connectivity index (χ4v) is 1.68. The van der Waals surface area contributed by atoms with Crippen molar-refractivity contribution in [2.75, 3.05) is 5.32 Å². The molecule has 2 rings (SSSR count). The van der Waals surface area contributed by atoms with Crippen LogP contribution < -0.4 is 5.32 Å². The molecule has 1 nitrogen and oxygen atoms in total. The van der Waals surface area contributed by atoms with Crippen molar-refractivity contribution >= 4 is 5.69 Å². The van der Waals surface area contributed by atoms with E-state index >= 15 is 0 Å². The first-order valence-corrected chi connectivity index (χ1v) is 5.61. The number of anilines is 1. The summed E-state index contributed by atoms with van der Waals surface area (Å²) >= 11 is 0. The minimum absolute atomic E-state index is 0.00546. The van der Waals surface area contributed by atoms with E-state index in [0.29, 0.717) is 0 Å². The molecule has 0 atom stereocenters. The van der Waals surface area contributed by atoms with Gasteiger partial charge in [-0.2, -0.15) is 0 Å². The number of hydrogen-bond acceptors (Lipinski definition) is 1. The van der Waals surface area contributed by atoms with Crippen molar-refractivity contribution < 1.29 is 17.6 Å². The van der Waals surface area contributed by atoms with E-state index < -0.39 is 23.3 Å². The Bertz CT molecular complexity index is 587. The van der Waals surface area contributed by atoms with Gasteiger partial charge in [-0.1, -0.05) is 6.07 Å². The van der Waals surface area contributed by atoms with Crippen molar-refractivity contribution in [3.63, 3.8) is 0 Å². The van der Waals surface area contributed by atoms with Crippen LogP contribution in [-0.2, 0) is 6.54 Å². The van der Waals surface area contributed by atoms with Crippen LogP contribution in [0.1, 0.15) is 11.1 Å². The van der Waals surface area contributed by atoms with Crippen molar-refractivity contribution in [1.82, 2.24) is 0 Å². The molecule has 0 saturated carbocycles. The maximum Gasteiger partial charge on any atom is 0.194 e. The molecular formula is C14H11F4N. The second-order valence-corrected chi connectivity index (χ2v) is 4.21. The number of hydrogen-bond donors (Lipinski definition) is 1. The van der Waals surface area contributed by atoms with Gasteiger partial charge in [0.05, 0.1) is 5.69 Å². The van der Waals surface area contributed by atoms with E-state index in [1.165, 1.54) is 6.07 Å². The van der Waals surface area contributed by atoms with E-state index in [1.807, 2.05) is 0 Å². The molecule has 19 heavy (non-hydrogen) atoms. The lowest BCUT2D eigenvalue weighted by atomic mass is 10.2. The molecular weight excluding hydrogens is 258 g/mol. The quantitative estimate of drug-likeness (QED) is 0.651. The molecule has 0 aromatic heterocycles.